The third kappa shape index (κ3) is 6.48. The van der Waals surface area contributed by atoms with E-state index in [9.17, 15) is 26.4 Å². The lowest BCUT2D eigenvalue weighted by atomic mass is 9.88. The van der Waals surface area contributed by atoms with Crippen LogP contribution in [0.15, 0.2) is 76.2 Å². The van der Waals surface area contributed by atoms with Gasteiger partial charge >= 0.3 is 16.3 Å². The largest absolute Gasteiger partial charge is 0.467 e. The molecule has 0 N–H and O–H groups in total. The summed E-state index contributed by atoms with van der Waals surface area (Å²) in [7, 11) is -4.51. The molecule has 0 radical (unpaired) electrons. The second-order valence-corrected chi connectivity index (χ2v) is 10.4. The molecule has 1 fully saturated rings. The highest BCUT2D eigenvalue weighted by molar-refractivity contribution is 7.87. The van der Waals surface area contributed by atoms with Crippen LogP contribution in [0.5, 0.6) is 5.75 Å². The van der Waals surface area contributed by atoms with E-state index in [2.05, 4.69) is 0 Å². The van der Waals surface area contributed by atoms with E-state index < -0.39 is 26.8 Å². The Morgan fingerprint density at radius 1 is 0.972 bits per heavy atom. The zero-order valence-corrected chi connectivity index (χ0v) is 20.2. The van der Waals surface area contributed by atoms with Gasteiger partial charge in [0.25, 0.3) is 0 Å². The molecule has 0 bridgehead atoms. The Balaban J connectivity index is 1.53. The minimum absolute atomic E-state index is 0.00834. The molecule has 1 aromatic heterocycles. The van der Waals surface area contributed by atoms with Crippen molar-refractivity contribution >= 4 is 16.0 Å². The average molecular weight is 522 g/mol. The van der Waals surface area contributed by atoms with E-state index in [1.807, 2.05) is 0 Å². The Bertz CT molecular complexity index is 1280. The highest BCUT2D eigenvalue weighted by Gasteiger charge is 2.32. The molecule has 0 unspecified atom stereocenters. The van der Waals surface area contributed by atoms with Crippen LogP contribution in [0.1, 0.15) is 49.0 Å². The van der Waals surface area contributed by atoms with Gasteiger partial charge in [-0.1, -0.05) is 37.5 Å². The van der Waals surface area contributed by atoms with Crippen molar-refractivity contribution in [2.24, 2.45) is 5.92 Å². The molecule has 0 saturated heterocycles. The van der Waals surface area contributed by atoms with E-state index in [0.29, 0.717) is 17.4 Å². The first-order valence-corrected chi connectivity index (χ1v) is 13.0. The number of rotatable bonds is 8. The predicted octanol–water partition coefficient (Wildman–Crippen LogP) is 6.18. The molecule has 1 amide bonds. The molecule has 1 saturated carbocycles. The van der Waals surface area contributed by atoms with Gasteiger partial charge in [-0.25, -0.2) is 0 Å². The van der Waals surface area contributed by atoms with Crippen molar-refractivity contribution < 1.29 is 35.0 Å². The molecular weight excluding hydrogens is 495 g/mol. The molecule has 1 heterocycles. The lowest BCUT2D eigenvalue weighted by Gasteiger charge is -2.29. The third-order valence-corrected chi connectivity index (χ3v) is 7.36. The van der Waals surface area contributed by atoms with Gasteiger partial charge in [0.15, 0.2) is 0 Å². The van der Waals surface area contributed by atoms with E-state index in [-0.39, 0.29) is 30.7 Å². The number of benzene rings is 2. The van der Waals surface area contributed by atoms with Gasteiger partial charge in [-0.15, -0.1) is 0 Å². The zero-order valence-electron chi connectivity index (χ0n) is 19.4. The summed E-state index contributed by atoms with van der Waals surface area (Å²) in [5.41, 5.74) is -0.474. The fourth-order valence-electron chi connectivity index (χ4n) is 4.33. The molecule has 10 heteroatoms. The maximum absolute atomic E-state index is 13.3. The Kier molecular flexibility index (Phi) is 7.73. The molecule has 0 spiro atoms. The molecule has 2 aromatic carbocycles. The average Bonchev–Trinajstić information content (AvgIpc) is 3.36. The SMILES string of the molecule is O=C(C1CCCCC1)N(Cc1cccc(OS(=O)(=O)c2cccc(C(F)(F)F)c2)c1)Cc1ccco1. The van der Waals surface area contributed by atoms with Crippen LogP contribution in [0.4, 0.5) is 13.2 Å². The number of halogens is 3. The summed E-state index contributed by atoms with van der Waals surface area (Å²) in [5, 5.41) is 0. The molecule has 36 heavy (non-hydrogen) atoms. The number of hydrogen-bond donors (Lipinski definition) is 0. The lowest BCUT2D eigenvalue weighted by Crippen LogP contribution is -2.36. The van der Waals surface area contributed by atoms with Gasteiger partial charge in [0.2, 0.25) is 5.91 Å². The Hall–Kier alpha value is -3.27. The van der Waals surface area contributed by atoms with Gasteiger partial charge < -0.3 is 13.5 Å². The van der Waals surface area contributed by atoms with E-state index >= 15 is 0 Å². The van der Waals surface area contributed by atoms with E-state index in [1.165, 1.54) is 18.4 Å². The van der Waals surface area contributed by atoms with Gasteiger partial charge in [0, 0.05) is 12.5 Å². The summed E-state index contributed by atoms with van der Waals surface area (Å²) in [4.78, 5) is 14.4. The van der Waals surface area contributed by atoms with Crippen molar-refractivity contribution in [3.8, 4) is 5.75 Å². The molecule has 3 aromatic rings. The first-order chi connectivity index (χ1) is 17.1. The predicted molar refractivity (Wildman–Crippen MR) is 125 cm³/mol. The van der Waals surface area contributed by atoms with Crippen molar-refractivity contribution in [3.05, 3.63) is 83.8 Å². The fraction of sp³-hybridized carbons (Fsp3) is 0.346. The van der Waals surface area contributed by atoms with Crippen LogP contribution < -0.4 is 4.18 Å². The molecule has 192 valence electrons. The summed E-state index contributed by atoms with van der Waals surface area (Å²) in [6.45, 7) is 0.451. The number of amides is 1. The van der Waals surface area contributed by atoms with Gasteiger partial charge in [0.05, 0.1) is 18.4 Å². The minimum atomic E-state index is -4.69. The van der Waals surface area contributed by atoms with Crippen molar-refractivity contribution in [2.75, 3.05) is 0 Å². The van der Waals surface area contributed by atoms with E-state index in [4.69, 9.17) is 8.60 Å². The molecule has 1 aliphatic carbocycles. The van der Waals surface area contributed by atoms with Gasteiger partial charge in [-0.2, -0.15) is 21.6 Å². The maximum Gasteiger partial charge on any atom is 0.416 e. The third-order valence-electron chi connectivity index (χ3n) is 6.12. The molecular formula is C26H26F3NO5S. The van der Waals surface area contributed by atoms with Gasteiger partial charge in [-0.05, 0) is 60.9 Å². The van der Waals surface area contributed by atoms with E-state index in [1.54, 1.807) is 29.2 Å². The molecule has 1 aliphatic rings. The quantitative estimate of drug-likeness (QED) is 0.331. The Labute approximate surface area is 207 Å². The lowest BCUT2D eigenvalue weighted by molar-refractivity contribution is -0.138. The van der Waals surface area contributed by atoms with Crippen molar-refractivity contribution in [1.29, 1.82) is 0 Å². The highest BCUT2D eigenvalue weighted by atomic mass is 32.2. The normalized spacial score (nSPS) is 15.0. The van der Waals surface area contributed by atoms with Crippen LogP contribution in [0.25, 0.3) is 0 Å². The zero-order chi connectivity index (χ0) is 25.8. The number of carbonyl (C=O) groups is 1. The van der Waals surface area contributed by atoms with Crippen molar-refractivity contribution in [1.82, 2.24) is 4.90 Å². The van der Waals surface area contributed by atoms with Crippen LogP contribution >= 0.6 is 0 Å². The summed E-state index contributed by atoms with van der Waals surface area (Å²) in [6.07, 6.45) is 1.61. The van der Waals surface area contributed by atoms with Crippen molar-refractivity contribution in [3.63, 3.8) is 0 Å². The second-order valence-electron chi connectivity index (χ2n) is 8.82. The van der Waals surface area contributed by atoms with Crippen LogP contribution in [0.3, 0.4) is 0 Å². The standard InChI is InChI=1S/C26H26F3NO5S/c27-26(28,29)21-10-5-13-24(16-21)36(32,33)35-22-11-4-7-19(15-22)17-30(18-23-12-6-14-34-23)25(31)20-8-2-1-3-9-20/h4-7,10-16,20H,1-3,8-9,17-18H2. The fourth-order valence-corrected chi connectivity index (χ4v) is 5.30. The highest BCUT2D eigenvalue weighted by Crippen LogP contribution is 2.31. The maximum atomic E-state index is 13.3. The minimum Gasteiger partial charge on any atom is -0.467 e. The van der Waals surface area contributed by atoms with Gasteiger partial charge in [0.1, 0.15) is 16.4 Å². The number of alkyl halides is 3. The number of nitrogens with zero attached hydrogens (tertiary/aromatic N) is 1. The summed E-state index contributed by atoms with van der Waals surface area (Å²) >= 11 is 0. The molecule has 0 aliphatic heterocycles. The van der Waals surface area contributed by atoms with Gasteiger partial charge in [-0.3, -0.25) is 4.79 Å². The molecule has 6 nitrogen and oxygen atoms in total. The Morgan fingerprint density at radius 3 is 2.42 bits per heavy atom. The second kappa shape index (κ2) is 10.8. The van der Waals surface area contributed by atoms with E-state index in [0.717, 1.165) is 50.3 Å². The monoisotopic (exact) mass is 521 g/mol. The number of hydrogen-bond acceptors (Lipinski definition) is 5. The molecule has 4 rings (SSSR count). The van der Waals surface area contributed by atoms with Crippen LogP contribution in [0.2, 0.25) is 0 Å². The Morgan fingerprint density at radius 2 is 1.72 bits per heavy atom. The summed E-state index contributed by atoms with van der Waals surface area (Å²) in [5.74, 6) is 0.495. The smallest absolute Gasteiger partial charge is 0.416 e. The molecule has 0 atom stereocenters. The number of carbonyl (C=O) groups excluding carboxylic acids is 1. The van der Waals surface area contributed by atoms with Crippen LogP contribution in [-0.4, -0.2) is 19.2 Å². The first-order valence-electron chi connectivity index (χ1n) is 11.6. The van der Waals surface area contributed by atoms with Crippen LogP contribution in [0, 0.1) is 5.92 Å². The summed E-state index contributed by atoms with van der Waals surface area (Å²) < 4.78 is 75.0. The number of furan rings is 1. The van der Waals surface area contributed by atoms with Crippen LogP contribution in [-0.2, 0) is 34.2 Å². The summed E-state index contributed by atoms with van der Waals surface area (Å²) in [6, 6.07) is 13.1. The topological polar surface area (TPSA) is 76.8 Å². The van der Waals surface area contributed by atoms with Crippen molar-refractivity contribution in [2.45, 2.75) is 56.3 Å². The first kappa shape index (κ1) is 25.8.